The van der Waals surface area contributed by atoms with Crippen molar-refractivity contribution in [3.05, 3.63) is 29.1 Å². The summed E-state index contributed by atoms with van der Waals surface area (Å²) in [5.74, 6) is -1.33. The number of methoxy groups -OCH3 is 1. The van der Waals surface area contributed by atoms with Crippen molar-refractivity contribution in [3.63, 3.8) is 0 Å². The number of nitrogens with one attached hydrogen (secondary N) is 1. The first-order chi connectivity index (χ1) is 9.86. The predicted octanol–water partition coefficient (Wildman–Crippen LogP) is 0.551. The normalized spacial score (nSPS) is 10.3. The van der Waals surface area contributed by atoms with Gasteiger partial charge >= 0.3 is 0 Å². The Labute approximate surface area is 123 Å². The van der Waals surface area contributed by atoms with Crippen molar-refractivity contribution in [1.82, 2.24) is 10.2 Å². The van der Waals surface area contributed by atoms with E-state index in [0.717, 1.165) is 6.07 Å². The summed E-state index contributed by atoms with van der Waals surface area (Å²) in [7, 11) is 2.99. The van der Waals surface area contributed by atoms with Crippen LogP contribution in [0.4, 0.5) is 10.1 Å². The van der Waals surface area contributed by atoms with Crippen LogP contribution in [0.2, 0.25) is 0 Å². The van der Waals surface area contributed by atoms with Gasteiger partial charge in [-0.1, -0.05) is 0 Å². The summed E-state index contributed by atoms with van der Waals surface area (Å²) < 4.78 is 18.4. The SMILES string of the molecule is COCCNC(=O)CN(C)C(=O)c1cc(N)c(C)c(F)c1. The number of halogens is 1. The van der Waals surface area contributed by atoms with Gasteiger partial charge in [0.25, 0.3) is 5.91 Å². The van der Waals surface area contributed by atoms with Gasteiger partial charge in [-0.2, -0.15) is 0 Å². The number of likely N-dealkylation sites (N-methyl/N-ethyl adjacent to an activating group) is 1. The first-order valence-electron chi connectivity index (χ1n) is 6.43. The van der Waals surface area contributed by atoms with E-state index >= 15 is 0 Å². The standard InChI is InChI=1S/C14H20FN3O3/c1-9-11(15)6-10(7-12(9)16)14(20)18(2)8-13(19)17-4-5-21-3/h6-7H,4-5,8,16H2,1-3H3,(H,17,19). The Kier molecular flexibility index (Phi) is 6.10. The Hall–Kier alpha value is -2.15. The molecule has 0 aliphatic rings. The van der Waals surface area contributed by atoms with Crippen molar-refractivity contribution in [1.29, 1.82) is 0 Å². The topological polar surface area (TPSA) is 84.7 Å². The first-order valence-corrected chi connectivity index (χ1v) is 6.43. The molecule has 0 spiro atoms. The molecule has 0 radical (unpaired) electrons. The van der Waals surface area contributed by atoms with Crippen LogP contribution in [0.15, 0.2) is 12.1 Å². The van der Waals surface area contributed by atoms with Gasteiger partial charge in [0.1, 0.15) is 5.82 Å². The van der Waals surface area contributed by atoms with E-state index < -0.39 is 11.7 Å². The Morgan fingerprint density at radius 3 is 2.67 bits per heavy atom. The van der Waals surface area contributed by atoms with Crippen molar-refractivity contribution in [2.24, 2.45) is 0 Å². The van der Waals surface area contributed by atoms with Gasteiger partial charge in [0.15, 0.2) is 0 Å². The van der Waals surface area contributed by atoms with E-state index in [0.29, 0.717) is 18.7 Å². The van der Waals surface area contributed by atoms with Crippen molar-refractivity contribution in [3.8, 4) is 0 Å². The molecule has 6 nitrogen and oxygen atoms in total. The molecule has 1 rings (SSSR count). The van der Waals surface area contributed by atoms with E-state index in [1.807, 2.05) is 0 Å². The van der Waals surface area contributed by atoms with Crippen molar-refractivity contribution in [2.45, 2.75) is 6.92 Å². The second kappa shape index (κ2) is 7.58. The molecule has 116 valence electrons. The largest absolute Gasteiger partial charge is 0.398 e. The minimum absolute atomic E-state index is 0.114. The molecule has 0 bridgehead atoms. The zero-order valence-corrected chi connectivity index (χ0v) is 12.4. The number of hydrogen-bond acceptors (Lipinski definition) is 4. The van der Waals surface area contributed by atoms with Crippen LogP contribution in [-0.4, -0.2) is 50.6 Å². The van der Waals surface area contributed by atoms with Crippen molar-refractivity contribution < 1.29 is 18.7 Å². The molecule has 7 heteroatoms. The molecule has 0 saturated carbocycles. The van der Waals surface area contributed by atoms with Gasteiger partial charge < -0.3 is 20.7 Å². The molecular weight excluding hydrogens is 277 g/mol. The molecule has 0 aliphatic heterocycles. The third kappa shape index (κ3) is 4.71. The van der Waals surface area contributed by atoms with Crippen LogP contribution in [0.25, 0.3) is 0 Å². The molecule has 0 saturated heterocycles. The van der Waals surface area contributed by atoms with Gasteiger partial charge in [0.05, 0.1) is 13.2 Å². The number of carbonyl (C=O) groups excluding carboxylic acids is 2. The molecule has 0 atom stereocenters. The first kappa shape index (κ1) is 16.9. The number of benzene rings is 1. The lowest BCUT2D eigenvalue weighted by atomic mass is 10.1. The monoisotopic (exact) mass is 297 g/mol. The highest BCUT2D eigenvalue weighted by Gasteiger charge is 2.17. The number of ether oxygens (including phenoxy) is 1. The maximum atomic E-state index is 13.6. The molecule has 21 heavy (non-hydrogen) atoms. The summed E-state index contributed by atoms with van der Waals surface area (Å²) in [4.78, 5) is 24.9. The van der Waals surface area contributed by atoms with Crippen LogP contribution >= 0.6 is 0 Å². The Morgan fingerprint density at radius 2 is 2.10 bits per heavy atom. The highest BCUT2D eigenvalue weighted by molar-refractivity contribution is 5.97. The van der Waals surface area contributed by atoms with Gasteiger partial charge in [-0.05, 0) is 19.1 Å². The van der Waals surface area contributed by atoms with Crippen LogP contribution in [0, 0.1) is 12.7 Å². The second-order valence-corrected chi connectivity index (χ2v) is 4.68. The summed E-state index contributed by atoms with van der Waals surface area (Å²) in [6.45, 7) is 2.16. The number of nitrogens with zero attached hydrogens (tertiary/aromatic N) is 1. The van der Waals surface area contributed by atoms with Crippen LogP contribution in [0.3, 0.4) is 0 Å². The zero-order valence-electron chi connectivity index (χ0n) is 12.4. The molecule has 0 fully saturated rings. The molecule has 2 amide bonds. The van der Waals surface area contributed by atoms with Crippen LogP contribution in [0.5, 0.6) is 0 Å². The molecule has 0 aromatic heterocycles. The quantitative estimate of drug-likeness (QED) is 0.593. The third-order valence-electron chi connectivity index (χ3n) is 2.99. The van der Waals surface area contributed by atoms with Crippen molar-refractivity contribution in [2.75, 3.05) is 39.6 Å². The molecule has 0 heterocycles. The smallest absolute Gasteiger partial charge is 0.254 e. The van der Waals surface area contributed by atoms with E-state index in [-0.39, 0.29) is 23.7 Å². The second-order valence-electron chi connectivity index (χ2n) is 4.68. The summed E-state index contributed by atoms with van der Waals surface area (Å²) in [5.41, 5.74) is 6.25. The summed E-state index contributed by atoms with van der Waals surface area (Å²) >= 11 is 0. The lowest BCUT2D eigenvalue weighted by molar-refractivity contribution is -0.121. The third-order valence-corrected chi connectivity index (χ3v) is 2.99. The minimum Gasteiger partial charge on any atom is -0.398 e. The number of amides is 2. The fourth-order valence-corrected chi connectivity index (χ4v) is 1.68. The summed E-state index contributed by atoms with van der Waals surface area (Å²) in [5, 5.41) is 2.60. The molecular formula is C14H20FN3O3. The number of anilines is 1. The van der Waals surface area contributed by atoms with Gasteiger partial charge in [0.2, 0.25) is 5.91 Å². The minimum atomic E-state index is -0.545. The number of rotatable bonds is 6. The highest BCUT2D eigenvalue weighted by atomic mass is 19.1. The average molecular weight is 297 g/mol. The van der Waals surface area contributed by atoms with Crippen LogP contribution < -0.4 is 11.1 Å². The summed E-state index contributed by atoms with van der Waals surface area (Å²) in [6.07, 6.45) is 0. The van der Waals surface area contributed by atoms with E-state index in [4.69, 9.17) is 10.5 Å². The number of carbonyl (C=O) groups is 2. The van der Waals surface area contributed by atoms with Crippen LogP contribution in [0.1, 0.15) is 15.9 Å². The van der Waals surface area contributed by atoms with E-state index in [9.17, 15) is 14.0 Å². The maximum Gasteiger partial charge on any atom is 0.254 e. The van der Waals surface area contributed by atoms with Crippen molar-refractivity contribution >= 4 is 17.5 Å². The number of hydrogen-bond donors (Lipinski definition) is 2. The fourth-order valence-electron chi connectivity index (χ4n) is 1.68. The van der Waals surface area contributed by atoms with Gasteiger partial charge in [-0.25, -0.2) is 4.39 Å². The lowest BCUT2D eigenvalue weighted by Gasteiger charge is -2.17. The highest BCUT2D eigenvalue weighted by Crippen LogP contribution is 2.18. The van der Waals surface area contributed by atoms with E-state index in [2.05, 4.69) is 5.32 Å². The van der Waals surface area contributed by atoms with Gasteiger partial charge in [-0.3, -0.25) is 9.59 Å². The Balaban J connectivity index is 2.68. The molecule has 1 aromatic carbocycles. The number of nitrogen functional groups attached to an aromatic ring is 1. The molecule has 0 aliphatic carbocycles. The maximum absolute atomic E-state index is 13.6. The molecule has 0 unspecified atom stereocenters. The Bertz CT molecular complexity index is 511. The zero-order chi connectivity index (χ0) is 16.0. The van der Waals surface area contributed by atoms with Gasteiger partial charge in [0, 0.05) is 37.5 Å². The lowest BCUT2D eigenvalue weighted by Crippen LogP contribution is -2.39. The predicted molar refractivity (Wildman–Crippen MR) is 77.4 cm³/mol. The van der Waals surface area contributed by atoms with Crippen LogP contribution in [-0.2, 0) is 9.53 Å². The fraction of sp³-hybridized carbons (Fsp3) is 0.429. The van der Waals surface area contributed by atoms with E-state index in [1.54, 1.807) is 0 Å². The molecule has 1 aromatic rings. The van der Waals surface area contributed by atoms with Gasteiger partial charge in [-0.15, -0.1) is 0 Å². The summed E-state index contributed by atoms with van der Waals surface area (Å²) in [6, 6.07) is 2.52. The van der Waals surface area contributed by atoms with E-state index in [1.165, 1.54) is 32.0 Å². The average Bonchev–Trinajstić information content (AvgIpc) is 2.43. The Morgan fingerprint density at radius 1 is 1.43 bits per heavy atom. The molecule has 3 N–H and O–H groups in total. The number of nitrogens with two attached hydrogens (primary N) is 1.